The number of nitrogens with one attached hydrogen (secondary N) is 1. The first-order valence-corrected chi connectivity index (χ1v) is 15.0. The van der Waals surface area contributed by atoms with Gasteiger partial charge in [-0.2, -0.15) is 4.98 Å². The van der Waals surface area contributed by atoms with Crippen LogP contribution in [0, 0.1) is 0 Å². The Morgan fingerprint density at radius 2 is 1.69 bits per heavy atom. The number of aromatic nitrogens is 5. The summed E-state index contributed by atoms with van der Waals surface area (Å²) in [5.74, 6) is 1.69. The lowest BCUT2D eigenvalue weighted by Crippen LogP contribution is -2.57. The molecule has 2 amide bonds. The monoisotopic (exact) mass is 575 g/mol. The summed E-state index contributed by atoms with van der Waals surface area (Å²) in [5.41, 5.74) is 0.895. The Labute approximate surface area is 246 Å². The summed E-state index contributed by atoms with van der Waals surface area (Å²) in [7, 11) is 3.55. The molecule has 0 spiro atoms. The molecular weight excluding hydrogens is 534 g/mol. The molecule has 0 aromatic carbocycles. The first kappa shape index (κ1) is 28.2. The Hall–Kier alpha value is -3.96. The maximum atomic E-state index is 13.1. The average Bonchev–Trinajstić information content (AvgIpc) is 3.46. The van der Waals surface area contributed by atoms with Crippen LogP contribution in [0.4, 0.5) is 22.4 Å². The van der Waals surface area contributed by atoms with E-state index in [9.17, 15) is 9.59 Å². The van der Waals surface area contributed by atoms with Crippen LogP contribution in [0.5, 0.6) is 0 Å². The van der Waals surface area contributed by atoms with E-state index in [4.69, 9.17) is 9.72 Å². The maximum Gasteiger partial charge on any atom is 0.410 e. The number of fused-ring (bicyclic) bond motifs is 3. The van der Waals surface area contributed by atoms with Crippen molar-refractivity contribution >= 4 is 40.6 Å². The fourth-order valence-corrected chi connectivity index (χ4v) is 6.55. The normalized spacial score (nSPS) is 21.1. The van der Waals surface area contributed by atoms with Crippen molar-refractivity contribution in [2.75, 3.05) is 37.4 Å². The molecule has 3 fully saturated rings. The summed E-state index contributed by atoms with van der Waals surface area (Å²) in [6, 6.07) is 6.16. The Balaban J connectivity index is 1.18. The minimum absolute atomic E-state index is 0.0325. The third-order valence-corrected chi connectivity index (χ3v) is 8.44. The molecule has 6 rings (SSSR count). The van der Waals surface area contributed by atoms with Crippen molar-refractivity contribution in [3.63, 3.8) is 0 Å². The third-order valence-electron chi connectivity index (χ3n) is 8.44. The lowest BCUT2D eigenvalue weighted by molar-refractivity contribution is 0.0122. The van der Waals surface area contributed by atoms with Gasteiger partial charge >= 0.3 is 6.09 Å². The average molecular weight is 576 g/mol. The van der Waals surface area contributed by atoms with Crippen molar-refractivity contribution in [1.82, 2.24) is 34.5 Å². The van der Waals surface area contributed by atoms with Crippen molar-refractivity contribution in [2.45, 2.75) is 89.4 Å². The number of carbonyl (C=O) groups excluding carboxylic acids is 2. The largest absolute Gasteiger partial charge is 0.444 e. The molecule has 12 nitrogen and oxygen atoms in total. The molecule has 2 saturated heterocycles. The van der Waals surface area contributed by atoms with Gasteiger partial charge in [-0.15, -0.1) is 10.2 Å². The summed E-state index contributed by atoms with van der Waals surface area (Å²) in [5, 5.41) is 13.0. The lowest BCUT2D eigenvalue weighted by Gasteiger charge is -2.41. The van der Waals surface area contributed by atoms with Gasteiger partial charge in [0.05, 0.1) is 12.1 Å². The van der Waals surface area contributed by atoms with Crippen LogP contribution >= 0.6 is 0 Å². The van der Waals surface area contributed by atoms with E-state index in [1.807, 2.05) is 43.9 Å². The molecule has 3 aromatic rings. The summed E-state index contributed by atoms with van der Waals surface area (Å²) in [6.45, 7) is 7.09. The van der Waals surface area contributed by atoms with Gasteiger partial charge in [-0.1, -0.05) is 19.3 Å². The highest BCUT2D eigenvalue weighted by Crippen LogP contribution is 2.35. The van der Waals surface area contributed by atoms with E-state index < -0.39 is 5.60 Å². The number of piperazine rings is 1. The molecule has 3 aromatic heterocycles. The smallest absolute Gasteiger partial charge is 0.410 e. The molecule has 42 heavy (non-hydrogen) atoms. The minimum Gasteiger partial charge on any atom is -0.444 e. The molecule has 5 heterocycles. The molecule has 224 valence electrons. The number of nitrogens with zero attached hydrogens (tertiary/aromatic N) is 8. The van der Waals surface area contributed by atoms with E-state index in [-0.39, 0.29) is 30.1 Å². The van der Waals surface area contributed by atoms with Gasteiger partial charge in [0.1, 0.15) is 16.9 Å². The lowest BCUT2D eigenvalue weighted by atomic mass is 9.95. The number of rotatable bonds is 5. The van der Waals surface area contributed by atoms with Gasteiger partial charge in [0, 0.05) is 44.8 Å². The fourth-order valence-electron chi connectivity index (χ4n) is 6.55. The van der Waals surface area contributed by atoms with Gasteiger partial charge in [-0.3, -0.25) is 9.69 Å². The van der Waals surface area contributed by atoms with E-state index in [0.717, 1.165) is 55.4 Å². The van der Waals surface area contributed by atoms with Gasteiger partial charge in [-0.25, -0.2) is 9.78 Å². The van der Waals surface area contributed by atoms with Gasteiger partial charge in [0.2, 0.25) is 5.95 Å². The molecule has 0 radical (unpaired) electrons. The van der Waals surface area contributed by atoms with Gasteiger partial charge in [0.15, 0.2) is 11.6 Å². The zero-order chi connectivity index (χ0) is 29.6. The van der Waals surface area contributed by atoms with E-state index in [1.54, 1.807) is 25.2 Å². The van der Waals surface area contributed by atoms with Crippen LogP contribution in [0.15, 0.2) is 24.4 Å². The number of anilines is 3. The highest BCUT2D eigenvalue weighted by Gasteiger charge is 2.44. The van der Waals surface area contributed by atoms with Crippen molar-refractivity contribution < 1.29 is 14.3 Å². The fraction of sp³-hybridized carbons (Fsp3) is 0.600. The van der Waals surface area contributed by atoms with E-state index >= 15 is 0 Å². The first-order chi connectivity index (χ1) is 20.1. The summed E-state index contributed by atoms with van der Waals surface area (Å²) >= 11 is 0. The van der Waals surface area contributed by atoms with Crippen molar-refractivity contribution in [3.05, 3.63) is 30.1 Å². The van der Waals surface area contributed by atoms with Crippen LogP contribution in [-0.4, -0.2) is 91.4 Å². The topological polar surface area (TPSA) is 122 Å². The predicted octanol–water partition coefficient (Wildman–Crippen LogP) is 4.76. The van der Waals surface area contributed by atoms with Crippen LogP contribution in [0.25, 0.3) is 11.0 Å². The molecule has 2 aliphatic heterocycles. The molecule has 2 atom stereocenters. The molecule has 1 N–H and O–H groups in total. The summed E-state index contributed by atoms with van der Waals surface area (Å²) in [4.78, 5) is 40.9. The number of ether oxygens (including phenoxy) is 1. The second kappa shape index (κ2) is 11.0. The van der Waals surface area contributed by atoms with Crippen LogP contribution in [0.1, 0.15) is 82.2 Å². The summed E-state index contributed by atoms with van der Waals surface area (Å²) in [6.07, 6.45) is 9.03. The quantitative estimate of drug-likeness (QED) is 0.459. The molecule has 3 aliphatic rings. The van der Waals surface area contributed by atoms with Crippen molar-refractivity contribution in [2.24, 2.45) is 0 Å². The zero-order valence-corrected chi connectivity index (χ0v) is 25.2. The first-order valence-electron chi connectivity index (χ1n) is 15.0. The Kier molecular flexibility index (Phi) is 7.40. The predicted molar refractivity (Wildman–Crippen MR) is 160 cm³/mol. The highest BCUT2D eigenvalue weighted by atomic mass is 16.6. The Morgan fingerprint density at radius 1 is 0.976 bits per heavy atom. The molecule has 1 saturated carbocycles. The van der Waals surface area contributed by atoms with Crippen LogP contribution in [0.3, 0.4) is 0 Å². The SMILES string of the molecule is CN(C)C(=O)c1cc2cnc(Nc3ccc(N4CC5CCC(C4)N5C(=O)OC(C)(C)C)nn3)nc2n1C1CCCCC1. The third kappa shape index (κ3) is 5.58. The van der Waals surface area contributed by atoms with Crippen LogP contribution in [-0.2, 0) is 4.74 Å². The highest BCUT2D eigenvalue weighted by molar-refractivity contribution is 5.97. The second-order valence-electron chi connectivity index (χ2n) is 12.9. The molecular formula is C30H41N9O3. The van der Waals surface area contributed by atoms with Gasteiger partial charge < -0.3 is 24.4 Å². The van der Waals surface area contributed by atoms with E-state index in [0.29, 0.717) is 30.5 Å². The maximum absolute atomic E-state index is 13.1. The van der Waals surface area contributed by atoms with Gasteiger partial charge in [0.25, 0.3) is 5.91 Å². The zero-order valence-electron chi connectivity index (χ0n) is 25.2. The van der Waals surface area contributed by atoms with Gasteiger partial charge in [-0.05, 0) is 64.7 Å². The number of amides is 2. The Morgan fingerprint density at radius 3 is 2.31 bits per heavy atom. The second-order valence-corrected chi connectivity index (χ2v) is 12.9. The van der Waals surface area contributed by atoms with Crippen LogP contribution < -0.4 is 10.2 Å². The Bertz CT molecular complexity index is 1440. The van der Waals surface area contributed by atoms with Crippen molar-refractivity contribution in [1.29, 1.82) is 0 Å². The molecule has 2 bridgehead atoms. The number of hydrogen-bond acceptors (Lipinski definition) is 9. The molecule has 2 unspecified atom stereocenters. The standard InChI is InChI=1S/C30H41N9O3/c1-30(2,3)42-29(41)38-21-11-12-22(38)18-37(17-21)25-14-13-24(34-35-25)32-28-31-16-19-15-23(27(40)36(4)5)39(26(19)33-28)20-9-7-6-8-10-20/h13-16,20-22H,6-12,17-18H2,1-5H3,(H,31,32,33,34). The summed E-state index contributed by atoms with van der Waals surface area (Å²) < 4.78 is 7.78. The van der Waals surface area contributed by atoms with E-state index in [2.05, 4.69) is 30.0 Å². The van der Waals surface area contributed by atoms with Crippen LogP contribution in [0.2, 0.25) is 0 Å². The number of hydrogen-bond donors (Lipinski definition) is 1. The molecule has 12 heteroatoms. The van der Waals surface area contributed by atoms with E-state index in [1.165, 1.54) is 6.42 Å². The molecule has 1 aliphatic carbocycles. The number of carbonyl (C=O) groups is 2. The van der Waals surface area contributed by atoms with Crippen molar-refractivity contribution in [3.8, 4) is 0 Å². The minimum atomic E-state index is -0.513.